The molecule has 2 aromatic carbocycles. The van der Waals surface area contributed by atoms with Crippen LogP contribution in [0, 0.1) is 0 Å². The molecule has 3 rings (SSSR count). The van der Waals surface area contributed by atoms with Crippen LogP contribution in [0.2, 0.25) is 10.0 Å². The third kappa shape index (κ3) is 2.83. The lowest BCUT2D eigenvalue weighted by atomic mass is 9.76. The largest absolute Gasteiger partial charge is 0.309 e. The fraction of sp³-hybridized carbons (Fsp3) is 0.333. The molecule has 0 spiro atoms. The average molecular weight is 320 g/mol. The first-order chi connectivity index (χ1) is 10.2. The summed E-state index contributed by atoms with van der Waals surface area (Å²) in [6.07, 6.45) is 3.89. The quantitative estimate of drug-likeness (QED) is 0.776. The van der Waals surface area contributed by atoms with E-state index in [2.05, 4.69) is 29.6 Å². The Morgan fingerprint density at radius 1 is 1.00 bits per heavy atom. The van der Waals surface area contributed by atoms with Crippen LogP contribution in [0.15, 0.2) is 42.5 Å². The van der Waals surface area contributed by atoms with Gasteiger partial charge < -0.3 is 5.32 Å². The third-order valence-electron chi connectivity index (χ3n) is 4.43. The fourth-order valence-electron chi connectivity index (χ4n) is 3.11. The third-order valence-corrected chi connectivity index (χ3v) is 5.09. The lowest BCUT2D eigenvalue weighted by molar-refractivity contribution is 0.415. The SMILES string of the molecule is CNC(c1ccccc1C1CCC1)c1c(Cl)cccc1Cl. The maximum absolute atomic E-state index is 6.41. The zero-order valence-corrected chi connectivity index (χ0v) is 13.6. The van der Waals surface area contributed by atoms with Crippen molar-refractivity contribution < 1.29 is 0 Å². The minimum absolute atomic E-state index is 0.0306. The summed E-state index contributed by atoms with van der Waals surface area (Å²) in [5.74, 6) is 0.679. The van der Waals surface area contributed by atoms with E-state index in [1.165, 1.54) is 30.4 Å². The van der Waals surface area contributed by atoms with Crippen molar-refractivity contribution in [2.75, 3.05) is 7.05 Å². The molecule has 0 saturated heterocycles. The normalized spacial score (nSPS) is 16.5. The first-order valence-electron chi connectivity index (χ1n) is 7.42. The minimum atomic E-state index is 0.0306. The Hall–Kier alpha value is -1.02. The first kappa shape index (κ1) is 14.9. The maximum atomic E-state index is 6.41. The van der Waals surface area contributed by atoms with Gasteiger partial charge >= 0.3 is 0 Å². The topological polar surface area (TPSA) is 12.0 Å². The van der Waals surface area contributed by atoms with E-state index in [9.17, 15) is 0 Å². The van der Waals surface area contributed by atoms with E-state index in [0.717, 1.165) is 5.56 Å². The van der Waals surface area contributed by atoms with Crippen molar-refractivity contribution in [1.29, 1.82) is 0 Å². The fourth-order valence-corrected chi connectivity index (χ4v) is 3.72. The Morgan fingerprint density at radius 3 is 2.24 bits per heavy atom. The predicted octanol–water partition coefficient (Wildman–Crippen LogP) is 5.57. The van der Waals surface area contributed by atoms with Gasteiger partial charge in [0.15, 0.2) is 0 Å². The van der Waals surface area contributed by atoms with Crippen LogP contribution in [-0.2, 0) is 0 Å². The highest BCUT2D eigenvalue weighted by atomic mass is 35.5. The standard InChI is InChI=1S/C18H19Cl2N/c1-21-18(17-15(19)10-5-11-16(17)20)14-9-3-2-8-13(14)12-6-4-7-12/h2-3,5,8-12,18,21H,4,6-7H2,1H3. The van der Waals surface area contributed by atoms with Gasteiger partial charge in [-0.3, -0.25) is 0 Å². The van der Waals surface area contributed by atoms with Crippen molar-refractivity contribution >= 4 is 23.2 Å². The molecule has 2 aromatic rings. The van der Waals surface area contributed by atoms with Crippen LogP contribution in [0.3, 0.4) is 0 Å². The van der Waals surface area contributed by atoms with Crippen LogP contribution in [-0.4, -0.2) is 7.05 Å². The summed E-state index contributed by atoms with van der Waals surface area (Å²) in [4.78, 5) is 0. The highest BCUT2D eigenvalue weighted by Gasteiger charge is 2.26. The molecule has 0 bridgehead atoms. The van der Waals surface area contributed by atoms with E-state index < -0.39 is 0 Å². The van der Waals surface area contributed by atoms with Crippen LogP contribution in [0.5, 0.6) is 0 Å². The van der Waals surface area contributed by atoms with Crippen molar-refractivity contribution in [3.05, 3.63) is 69.2 Å². The molecule has 1 atom stereocenters. The van der Waals surface area contributed by atoms with Gasteiger partial charge in [-0.15, -0.1) is 0 Å². The monoisotopic (exact) mass is 319 g/mol. The van der Waals surface area contributed by atoms with Crippen LogP contribution in [0.25, 0.3) is 0 Å². The van der Waals surface area contributed by atoms with Crippen LogP contribution in [0.1, 0.15) is 47.9 Å². The van der Waals surface area contributed by atoms with Crippen LogP contribution < -0.4 is 5.32 Å². The van der Waals surface area contributed by atoms with Gasteiger partial charge in [0.25, 0.3) is 0 Å². The highest BCUT2D eigenvalue weighted by molar-refractivity contribution is 6.36. The molecule has 1 nitrogen and oxygen atoms in total. The van der Waals surface area contributed by atoms with Gasteiger partial charge in [0, 0.05) is 15.6 Å². The Kier molecular flexibility index (Phi) is 4.54. The number of hydrogen-bond donors (Lipinski definition) is 1. The number of halogens is 2. The lowest BCUT2D eigenvalue weighted by Gasteiger charge is -2.31. The maximum Gasteiger partial charge on any atom is 0.0606 e. The van der Waals surface area contributed by atoms with E-state index in [0.29, 0.717) is 16.0 Å². The molecular weight excluding hydrogens is 301 g/mol. The number of benzene rings is 2. The Labute approximate surface area is 136 Å². The van der Waals surface area contributed by atoms with Crippen molar-refractivity contribution in [1.82, 2.24) is 5.32 Å². The smallest absolute Gasteiger partial charge is 0.0606 e. The molecule has 110 valence electrons. The zero-order valence-electron chi connectivity index (χ0n) is 12.1. The first-order valence-corrected chi connectivity index (χ1v) is 8.18. The molecule has 0 aliphatic heterocycles. The Balaban J connectivity index is 2.08. The van der Waals surface area contributed by atoms with Gasteiger partial charge in [0.2, 0.25) is 0 Å². The molecule has 21 heavy (non-hydrogen) atoms. The molecule has 0 aromatic heterocycles. The molecule has 0 amide bonds. The lowest BCUT2D eigenvalue weighted by Crippen LogP contribution is -2.22. The minimum Gasteiger partial charge on any atom is -0.309 e. The average Bonchev–Trinajstić information content (AvgIpc) is 2.42. The molecule has 1 aliphatic rings. The van der Waals surface area contributed by atoms with Crippen molar-refractivity contribution in [2.24, 2.45) is 0 Å². The molecule has 1 aliphatic carbocycles. The number of nitrogens with one attached hydrogen (secondary N) is 1. The van der Waals surface area contributed by atoms with Gasteiger partial charge in [-0.2, -0.15) is 0 Å². The van der Waals surface area contributed by atoms with Gasteiger partial charge in [-0.05, 0) is 49.1 Å². The van der Waals surface area contributed by atoms with E-state index in [1.807, 2.05) is 25.2 Å². The summed E-state index contributed by atoms with van der Waals surface area (Å²) < 4.78 is 0. The second kappa shape index (κ2) is 6.39. The van der Waals surface area contributed by atoms with Gasteiger partial charge in [0.1, 0.15) is 0 Å². The highest BCUT2D eigenvalue weighted by Crippen LogP contribution is 2.42. The number of rotatable bonds is 4. The van der Waals surface area contributed by atoms with Crippen LogP contribution in [0.4, 0.5) is 0 Å². The van der Waals surface area contributed by atoms with Gasteiger partial charge in [0.05, 0.1) is 6.04 Å². The molecule has 1 unspecified atom stereocenters. The molecule has 1 N–H and O–H groups in total. The summed E-state index contributed by atoms with van der Waals surface area (Å²) in [5, 5.41) is 4.82. The molecule has 3 heteroatoms. The molecule has 0 radical (unpaired) electrons. The Morgan fingerprint density at radius 2 is 1.67 bits per heavy atom. The molecule has 1 fully saturated rings. The molecular formula is C18H19Cl2N. The van der Waals surface area contributed by atoms with E-state index >= 15 is 0 Å². The van der Waals surface area contributed by atoms with Gasteiger partial charge in [-0.25, -0.2) is 0 Å². The van der Waals surface area contributed by atoms with Crippen molar-refractivity contribution in [3.8, 4) is 0 Å². The summed E-state index contributed by atoms with van der Waals surface area (Å²) in [6, 6.07) is 14.4. The summed E-state index contributed by atoms with van der Waals surface area (Å²) in [7, 11) is 1.96. The van der Waals surface area contributed by atoms with E-state index in [-0.39, 0.29) is 6.04 Å². The van der Waals surface area contributed by atoms with E-state index in [1.54, 1.807) is 0 Å². The Bertz CT molecular complexity index is 615. The zero-order chi connectivity index (χ0) is 14.8. The van der Waals surface area contributed by atoms with Gasteiger partial charge in [-0.1, -0.05) is 60.0 Å². The van der Waals surface area contributed by atoms with Crippen LogP contribution >= 0.6 is 23.2 Å². The van der Waals surface area contributed by atoms with Crippen molar-refractivity contribution in [2.45, 2.75) is 31.2 Å². The molecule has 1 saturated carbocycles. The second-order valence-electron chi connectivity index (χ2n) is 5.61. The summed E-state index contributed by atoms with van der Waals surface area (Å²) in [5.41, 5.74) is 3.69. The number of hydrogen-bond acceptors (Lipinski definition) is 1. The van der Waals surface area contributed by atoms with Crippen molar-refractivity contribution in [3.63, 3.8) is 0 Å². The predicted molar refractivity (Wildman–Crippen MR) is 90.4 cm³/mol. The molecule has 0 heterocycles. The second-order valence-corrected chi connectivity index (χ2v) is 6.43. The summed E-state index contributed by atoms with van der Waals surface area (Å²) in [6.45, 7) is 0. The summed E-state index contributed by atoms with van der Waals surface area (Å²) >= 11 is 12.8. The van der Waals surface area contributed by atoms with E-state index in [4.69, 9.17) is 23.2 Å².